The molecule has 2 heterocycles. The summed E-state index contributed by atoms with van der Waals surface area (Å²) in [5, 5.41) is 0. The summed E-state index contributed by atoms with van der Waals surface area (Å²) in [6, 6.07) is 11.0. The van der Waals surface area contributed by atoms with Crippen molar-refractivity contribution in [2.45, 2.75) is 51.6 Å². The fourth-order valence-electron chi connectivity index (χ4n) is 3.26. The summed E-state index contributed by atoms with van der Waals surface area (Å²) in [5.74, 6) is 0. The number of nitrogens with zero attached hydrogens (tertiary/aromatic N) is 2. The van der Waals surface area contributed by atoms with Crippen LogP contribution < -0.4 is 0 Å². The molecular formula is C18H28N2. The van der Waals surface area contributed by atoms with Crippen LogP contribution in [0.3, 0.4) is 0 Å². The first-order valence-electron chi connectivity index (χ1n) is 8.36. The zero-order chi connectivity index (χ0) is 13.9. The van der Waals surface area contributed by atoms with Crippen LogP contribution in [0.1, 0.15) is 37.8 Å². The molecular weight excluding hydrogens is 244 g/mol. The molecule has 2 saturated heterocycles. The molecule has 0 aromatic heterocycles. The van der Waals surface area contributed by atoms with Gasteiger partial charge >= 0.3 is 0 Å². The van der Waals surface area contributed by atoms with Crippen molar-refractivity contribution in [3.63, 3.8) is 0 Å². The van der Waals surface area contributed by atoms with E-state index in [-0.39, 0.29) is 0 Å². The molecule has 3 rings (SSSR count). The van der Waals surface area contributed by atoms with E-state index in [2.05, 4.69) is 47.9 Å². The summed E-state index contributed by atoms with van der Waals surface area (Å²) in [6.07, 6.45) is 5.06. The number of hydrogen-bond acceptors (Lipinski definition) is 2. The Morgan fingerprint density at radius 2 is 1.40 bits per heavy atom. The Labute approximate surface area is 123 Å². The van der Waals surface area contributed by atoms with E-state index in [1.54, 1.807) is 0 Å². The second-order valence-corrected chi connectivity index (χ2v) is 6.43. The van der Waals surface area contributed by atoms with Crippen molar-refractivity contribution in [3.8, 4) is 0 Å². The van der Waals surface area contributed by atoms with Gasteiger partial charge in [0.05, 0.1) is 0 Å². The van der Waals surface area contributed by atoms with E-state index in [1.807, 2.05) is 0 Å². The monoisotopic (exact) mass is 272 g/mol. The van der Waals surface area contributed by atoms with Gasteiger partial charge in [0.2, 0.25) is 0 Å². The standard InChI is InChI=1S/C18H28N2/c1-3-17-13-19(17)10-8-15-6-5-7-16(12-15)9-11-20-14-18(20)4-2/h5-7,12,17-18H,3-4,8-11,13-14H2,1-2H3. The van der Waals surface area contributed by atoms with E-state index < -0.39 is 0 Å². The molecule has 110 valence electrons. The number of hydrogen-bond donors (Lipinski definition) is 0. The lowest BCUT2D eigenvalue weighted by atomic mass is 10.1. The van der Waals surface area contributed by atoms with Crippen LogP contribution in [0.15, 0.2) is 24.3 Å². The molecule has 2 aliphatic heterocycles. The molecule has 2 heteroatoms. The van der Waals surface area contributed by atoms with E-state index in [1.165, 1.54) is 63.0 Å². The molecule has 4 atom stereocenters. The molecule has 0 radical (unpaired) electrons. The van der Waals surface area contributed by atoms with Gasteiger partial charge in [0.1, 0.15) is 0 Å². The minimum Gasteiger partial charge on any atom is -0.297 e. The average molecular weight is 272 g/mol. The van der Waals surface area contributed by atoms with Crippen LogP contribution >= 0.6 is 0 Å². The van der Waals surface area contributed by atoms with Gasteiger partial charge < -0.3 is 0 Å². The quantitative estimate of drug-likeness (QED) is 0.671. The van der Waals surface area contributed by atoms with Gasteiger partial charge in [0.25, 0.3) is 0 Å². The summed E-state index contributed by atoms with van der Waals surface area (Å²) in [7, 11) is 0. The first-order chi connectivity index (χ1) is 9.80. The van der Waals surface area contributed by atoms with Crippen molar-refractivity contribution in [3.05, 3.63) is 35.4 Å². The third-order valence-electron chi connectivity index (χ3n) is 4.97. The van der Waals surface area contributed by atoms with Crippen molar-refractivity contribution in [1.29, 1.82) is 0 Å². The lowest BCUT2D eigenvalue weighted by molar-refractivity contribution is 0.499. The molecule has 2 aliphatic rings. The first-order valence-corrected chi connectivity index (χ1v) is 8.36. The van der Waals surface area contributed by atoms with Crippen LogP contribution in [0.25, 0.3) is 0 Å². The van der Waals surface area contributed by atoms with Crippen LogP contribution in [-0.4, -0.2) is 48.1 Å². The molecule has 2 nitrogen and oxygen atoms in total. The third-order valence-corrected chi connectivity index (χ3v) is 4.97. The number of rotatable bonds is 8. The first kappa shape index (κ1) is 14.1. The fraction of sp³-hybridized carbons (Fsp3) is 0.667. The Morgan fingerprint density at radius 3 is 1.80 bits per heavy atom. The second kappa shape index (κ2) is 6.28. The molecule has 0 spiro atoms. The highest BCUT2D eigenvalue weighted by molar-refractivity contribution is 5.24. The Hall–Kier alpha value is -0.860. The van der Waals surface area contributed by atoms with Gasteiger partial charge in [-0.25, -0.2) is 0 Å². The highest BCUT2D eigenvalue weighted by Crippen LogP contribution is 2.22. The SMILES string of the molecule is CCC1CN1CCc1cccc(CCN2CC2CC)c1. The Kier molecular flexibility index (Phi) is 4.42. The van der Waals surface area contributed by atoms with E-state index in [9.17, 15) is 0 Å². The highest BCUT2D eigenvalue weighted by atomic mass is 15.3. The van der Waals surface area contributed by atoms with Gasteiger partial charge in [-0.1, -0.05) is 38.1 Å². The summed E-state index contributed by atoms with van der Waals surface area (Å²) in [6.45, 7) is 9.72. The van der Waals surface area contributed by atoms with Gasteiger partial charge in [-0.2, -0.15) is 0 Å². The second-order valence-electron chi connectivity index (χ2n) is 6.43. The maximum Gasteiger partial charge on any atom is 0.0221 e. The smallest absolute Gasteiger partial charge is 0.0221 e. The van der Waals surface area contributed by atoms with Gasteiger partial charge in [-0.3, -0.25) is 9.80 Å². The Bertz CT molecular complexity index is 406. The van der Waals surface area contributed by atoms with E-state index in [0.29, 0.717) is 0 Å². The molecule has 0 saturated carbocycles. The van der Waals surface area contributed by atoms with Crippen LogP contribution in [0.5, 0.6) is 0 Å². The number of benzene rings is 1. The van der Waals surface area contributed by atoms with E-state index in [4.69, 9.17) is 0 Å². The van der Waals surface area contributed by atoms with Crippen LogP contribution in [0.2, 0.25) is 0 Å². The normalized spacial score (nSPS) is 31.3. The van der Waals surface area contributed by atoms with E-state index >= 15 is 0 Å². The molecule has 4 unspecified atom stereocenters. The Balaban J connectivity index is 1.43. The van der Waals surface area contributed by atoms with Gasteiger partial charge in [-0.05, 0) is 36.8 Å². The van der Waals surface area contributed by atoms with E-state index in [0.717, 1.165) is 12.1 Å². The van der Waals surface area contributed by atoms with Crippen molar-refractivity contribution < 1.29 is 0 Å². The third kappa shape index (κ3) is 3.62. The van der Waals surface area contributed by atoms with Crippen molar-refractivity contribution in [2.75, 3.05) is 26.2 Å². The largest absolute Gasteiger partial charge is 0.297 e. The van der Waals surface area contributed by atoms with Crippen molar-refractivity contribution >= 4 is 0 Å². The minimum absolute atomic E-state index is 0.881. The summed E-state index contributed by atoms with van der Waals surface area (Å²) in [4.78, 5) is 5.18. The van der Waals surface area contributed by atoms with Gasteiger partial charge in [0.15, 0.2) is 0 Å². The van der Waals surface area contributed by atoms with Crippen LogP contribution in [-0.2, 0) is 12.8 Å². The summed E-state index contributed by atoms with van der Waals surface area (Å²) in [5.41, 5.74) is 3.03. The summed E-state index contributed by atoms with van der Waals surface area (Å²) >= 11 is 0. The molecule has 1 aromatic carbocycles. The highest BCUT2D eigenvalue weighted by Gasteiger charge is 2.31. The van der Waals surface area contributed by atoms with Crippen molar-refractivity contribution in [2.24, 2.45) is 0 Å². The molecule has 2 fully saturated rings. The molecule has 0 N–H and O–H groups in total. The molecule has 1 aromatic rings. The lowest BCUT2D eigenvalue weighted by Gasteiger charge is -2.07. The van der Waals surface area contributed by atoms with Gasteiger partial charge in [0, 0.05) is 38.3 Å². The zero-order valence-electron chi connectivity index (χ0n) is 13.0. The fourth-order valence-corrected chi connectivity index (χ4v) is 3.26. The van der Waals surface area contributed by atoms with Crippen molar-refractivity contribution in [1.82, 2.24) is 9.80 Å². The van der Waals surface area contributed by atoms with Crippen LogP contribution in [0, 0.1) is 0 Å². The zero-order valence-corrected chi connectivity index (χ0v) is 13.0. The van der Waals surface area contributed by atoms with Gasteiger partial charge in [-0.15, -0.1) is 0 Å². The maximum atomic E-state index is 2.59. The lowest BCUT2D eigenvalue weighted by Crippen LogP contribution is -2.08. The van der Waals surface area contributed by atoms with Crippen LogP contribution in [0.4, 0.5) is 0 Å². The summed E-state index contributed by atoms with van der Waals surface area (Å²) < 4.78 is 0. The molecule has 0 aliphatic carbocycles. The topological polar surface area (TPSA) is 6.02 Å². The molecule has 20 heavy (non-hydrogen) atoms. The molecule has 0 amide bonds. The minimum atomic E-state index is 0.881. The predicted molar refractivity (Wildman–Crippen MR) is 85.2 cm³/mol. The molecule has 0 bridgehead atoms. The maximum absolute atomic E-state index is 2.59. The predicted octanol–water partition coefficient (Wildman–Crippen LogP) is 2.96. The Morgan fingerprint density at radius 1 is 0.900 bits per heavy atom. The average Bonchev–Trinajstić information content (AvgIpc) is 3.37.